The fraction of sp³-hybridized carbons (Fsp3) is 0.375. The molecule has 0 atom stereocenters. The maximum absolute atomic E-state index is 9.67. The summed E-state index contributed by atoms with van der Waals surface area (Å²) in [7, 11) is 4.13. The van der Waals surface area contributed by atoms with Gasteiger partial charge >= 0.3 is 0 Å². The van der Waals surface area contributed by atoms with Crippen molar-refractivity contribution in [2.45, 2.75) is 13.1 Å². The van der Waals surface area contributed by atoms with Crippen LogP contribution < -0.4 is 0 Å². The van der Waals surface area contributed by atoms with Gasteiger partial charge in [0.2, 0.25) is 0 Å². The van der Waals surface area contributed by atoms with Gasteiger partial charge in [0.25, 0.3) is 0 Å². The van der Waals surface area contributed by atoms with Gasteiger partial charge in [0.05, 0.1) is 10.0 Å². The van der Waals surface area contributed by atoms with Crippen molar-refractivity contribution in [3.63, 3.8) is 0 Å². The van der Waals surface area contributed by atoms with Gasteiger partial charge in [-0.05, 0) is 43.2 Å². The molecule has 1 aromatic carbocycles. The standard InChI is InChI=1S/C16H20Cl2N2OS/c1-19(2)5-6-20(11-13-4-3-7-22-13)10-12-8-14(17)16(21)15(18)9-12/h3-4,7-9,21H,5-6,10-11H2,1-2H3. The minimum Gasteiger partial charge on any atom is -0.505 e. The molecule has 2 rings (SSSR count). The fourth-order valence-electron chi connectivity index (χ4n) is 2.15. The first-order valence-electron chi connectivity index (χ1n) is 7.02. The van der Waals surface area contributed by atoms with Crippen LogP contribution in [0.2, 0.25) is 10.0 Å². The van der Waals surface area contributed by atoms with Gasteiger partial charge in [0.15, 0.2) is 5.75 Å². The van der Waals surface area contributed by atoms with E-state index in [-0.39, 0.29) is 5.75 Å². The Morgan fingerprint density at radius 1 is 1.09 bits per heavy atom. The average Bonchev–Trinajstić information content (AvgIpc) is 2.95. The first-order valence-corrected chi connectivity index (χ1v) is 8.65. The van der Waals surface area contributed by atoms with E-state index in [0.29, 0.717) is 10.0 Å². The van der Waals surface area contributed by atoms with Crippen LogP contribution in [0.15, 0.2) is 29.6 Å². The zero-order chi connectivity index (χ0) is 16.1. The Morgan fingerprint density at radius 2 is 1.77 bits per heavy atom. The van der Waals surface area contributed by atoms with Crippen LogP contribution in [0.4, 0.5) is 0 Å². The van der Waals surface area contributed by atoms with Crippen LogP contribution in [0.1, 0.15) is 10.4 Å². The molecule has 0 unspecified atom stereocenters. The van der Waals surface area contributed by atoms with Crippen molar-refractivity contribution in [3.8, 4) is 5.75 Å². The zero-order valence-corrected chi connectivity index (χ0v) is 15.0. The lowest BCUT2D eigenvalue weighted by Gasteiger charge is -2.24. The largest absolute Gasteiger partial charge is 0.505 e. The van der Waals surface area contributed by atoms with E-state index in [1.54, 1.807) is 23.5 Å². The SMILES string of the molecule is CN(C)CCN(Cc1cc(Cl)c(O)c(Cl)c1)Cc1cccs1. The Labute approximate surface area is 145 Å². The van der Waals surface area contributed by atoms with E-state index in [1.807, 2.05) is 0 Å². The summed E-state index contributed by atoms with van der Waals surface area (Å²) >= 11 is 13.8. The number of hydrogen-bond donors (Lipinski definition) is 1. The number of nitrogens with zero attached hydrogens (tertiary/aromatic N) is 2. The zero-order valence-electron chi connectivity index (χ0n) is 12.7. The highest BCUT2D eigenvalue weighted by Crippen LogP contribution is 2.33. The molecule has 3 nitrogen and oxygen atoms in total. The third-order valence-corrected chi connectivity index (χ3v) is 4.74. The van der Waals surface area contributed by atoms with E-state index in [0.717, 1.165) is 31.7 Å². The third kappa shape index (κ3) is 5.14. The van der Waals surface area contributed by atoms with Gasteiger partial charge in [-0.15, -0.1) is 11.3 Å². The summed E-state index contributed by atoms with van der Waals surface area (Å²) in [5.74, 6) is -0.0508. The second kappa shape index (κ2) is 8.18. The summed E-state index contributed by atoms with van der Waals surface area (Å²) in [5.41, 5.74) is 1.00. The van der Waals surface area contributed by atoms with Crippen LogP contribution in [0.25, 0.3) is 0 Å². The summed E-state index contributed by atoms with van der Waals surface area (Å²) in [6, 6.07) is 7.77. The monoisotopic (exact) mass is 358 g/mol. The highest BCUT2D eigenvalue weighted by molar-refractivity contribution is 7.09. The topological polar surface area (TPSA) is 26.7 Å². The molecule has 120 valence electrons. The molecule has 0 bridgehead atoms. The van der Waals surface area contributed by atoms with Gasteiger partial charge in [-0.3, -0.25) is 4.90 Å². The van der Waals surface area contributed by atoms with Gasteiger partial charge in [-0.1, -0.05) is 29.3 Å². The predicted octanol–water partition coefficient (Wildman–Crippen LogP) is 4.32. The van der Waals surface area contributed by atoms with Crippen molar-refractivity contribution in [1.82, 2.24) is 9.80 Å². The summed E-state index contributed by atoms with van der Waals surface area (Å²) in [4.78, 5) is 5.85. The molecule has 0 fully saturated rings. The quantitative estimate of drug-likeness (QED) is 0.797. The number of rotatable bonds is 7. The molecule has 0 aliphatic carbocycles. The van der Waals surface area contributed by atoms with Gasteiger partial charge < -0.3 is 10.0 Å². The average molecular weight is 359 g/mol. The Balaban J connectivity index is 2.11. The number of aromatic hydroxyl groups is 1. The molecule has 0 aliphatic heterocycles. The normalized spacial score (nSPS) is 11.5. The lowest BCUT2D eigenvalue weighted by molar-refractivity contribution is 0.228. The molecule has 1 heterocycles. The second-order valence-corrected chi connectivity index (χ2v) is 7.35. The molecule has 1 aromatic heterocycles. The minimum atomic E-state index is -0.0508. The number of likely N-dealkylation sites (N-methyl/N-ethyl adjacent to an activating group) is 1. The minimum absolute atomic E-state index is 0.0508. The summed E-state index contributed by atoms with van der Waals surface area (Å²) < 4.78 is 0. The third-order valence-electron chi connectivity index (χ3n) is 3.31. The van der Waals surface area contributed by atoms with Crippen molar-refractivity contribution in [3.05, 3.63) is 50.1 Å². The van der Waals surface area contributed by atoms with Crippen molar-refractivity contribution >= 4 is 34.5 Å². The predicted molar refractivity (Wildman–Crippen MR) is 95.1 cm³/mol. The van der Waals surface area contributed by atoms with Crippen LogP contribution in [-0.2, 0) is 13.1 Å². The van der Waals surface area contributed by atoms with E-state index < -0.39 is 0 Å². The van der Waals surface area contributed by atoms with Gasteiger partial charge in [0, 0.05) is 31.1 Å². The van der Waals surface area contributed by atoms with Gasteiger partial charge in [0.1, 0.15) is 0 Å². The first-order chi connectivity index (χ1) is 10.5. The fourth-order valence-corrected chi connectivity index (χ4v) is 3.42. The van der Waals surface area contributed by atoms with Crippen LogP contribution in [-0.4, -0.2) is 42.1 Å². The van der Waals surface area contributed by atoms with Gasteiger partial charge in [-0.2, -0.15) is 0 Å². The van der Waals surface area contributed by atoms with Crippen molar-refractivity contribution < 1.29 is 5.11 Å². The summed E-state index contributed by atoms with van der Waals surface area (Å²) in [6.07, 6.45) is 0. The van der Waals surface area contributed by atoms with Gasteiger partial charge in [-0.25, -0.2) is 0 Å². The molecule has 0 saturated carbocycles. The lowest BCUT2D eigenvalue weighted by atomic mass is 10.2. The van der Waals surface area contributed by atoms with Crippen LogP contribution in [0, 0.1) is 0 Å². The van der Waals surface area contributed by atoms with E-state index in [9.17, 15) is 5.11 Å². The highest BCUT2D eigenvalue weighted by Gasteiger charge is 2.12. The molecule has 0 radical (unpaired) electrons. The number of phenols is 1. The van der Waals surface area contributed by atoms with Crippen molar-refractivity contribution in [1.29, 1.82) is 0 Å². The molecular formula is C16H20Cl2N2OS. The smallest absolute Gasteiger partial charge is 0.152 e. The number of thiophene rings is 1. The number of halogens is 2. The molecule has 0 amide bonds. The van der Waals surface area contributed by atoms with E-state index >= 15 is 0 Å². The summed E-state index contributed by atoms with van der Waals surface area (Å²) in [5, 5.41) is 12.4. The molecule has 0 saturated heterocycles. The Bertz CT molecular complexity index is 579. The molecular weight excluding hydrogens is 339 g/mol. The van der Waals surface area contributed by atoms with Crippen LogP contribution in [0.5, 0.6) is 5.75 Å². The molecule has 22 heavy (non-hydrogen) atoms. The number of hydrogen-bond acceptors (Lipinski definition) is 4. The lowest BCUT2D eigenvalue weighted by Crippen LogP contribution is -2.30. The maximum Gasteiger partial charge on any atom is 0.152 e. The molecule has 0 spiro atoms. The van der Waals surface area contributed by atoms with E-state index in [4.69, 9.17) is 23.2 Å². The van der Waals surface area contributed by atoms with Crippen LogP contribution >= 0.6 is 34.5 Å². The molecule has 2 aromatic rings. The van der Waals surface area contributed by atoms with Crippen molar-refractivity contribution in [2.75, 3.05) is 27.2 Å². The first kappa shape index (κ1) is 17.6. The van der Waals surface area contributed by atoms with E-state index in [2.05, 4.69) is 41.4 Å². The van der Waals surface area contributed by atoms with Crippen molar-refractivity contribution in [2.24, 2.45) is 0 Å². The second-order valence-electron chi connectivity index (χ2n) is 5.50. The Morgan fingerprint density at radius 3 is 2.32 bits per heavy atom. The van der Waals surface area contributed by atoms with E-state index in [1.165, 1.54) is 4.88 Å². The summed E-state index contributed by atoms with van der Waals surface area (Å²) in [6.45, 7) is 3.55. The molecule has 1 N–H and O–H groups in total. The number of phenolic OH excluding ortho intramolecular Hbond substituents is 1. The maximum atomic E-state index is 9.67. The Hall–Kier alpha value is -0.780. The number of benzene rings is 1. The molecule has 0 aliphatic rings. The van der Waals surface area contributed by atoms with Crippen LogP contribution in [0.3, 0.4) is 0 Å². The Kier molecular flexibility index (Phi) is 6.53. The highest BCUT2D eigenvalue weighted by atomic mass is 35.5. The molecule has 6 heteroatoms.